The molecule has 0 saturated heterocycles. The minimum Gasteiger partial charge on any atom is -0.466 e. The van der Waals surface area contributed by atoms with Crippen molar-refractivity contribution < 1.29 is 24.5 Å². The number of aliphatic hydroxyl groups excluding tert-OH is 2. The van der Waals surface area contributed by atoms with Gasteiger partial charge in [0, 0.05) is 12.8 Å². The summed E-state index contributed by atoms with van der Waals surface area (Å²) in [6, 6.07) is -0.625. The Bertz CT molecular complexity index is 1300. The van der Waals surface area contributed by atoms with Gasteiger partial charge in [-0.2, -0.15) is 0 Å². The fourth-order valence-corrected chi connectivity index (χ4v) is 12.2. The fraction of sp³-hybridized carbons (Fsp3) is 0.922. The Balaban J connectivity index is 3.33. The van der Waals surface area contributed by atoms with Gasteiger partial charge in [0.15, 0.2) is 0 Å². The van der Waals surface area contributed by atoms with Gasteiger partial charge in [-0.25, -0.2) is 0 Å². The van der Waals surface area contributed by atoms with Gasteiger partial charge in [0.1, 0.15) is 0 Å². The van der Waals surface area contributed by atoms with Gasteiger partial charge in [0.05, 0.1) is 25.4 Å². The molecule has 0 heterocycles. The van der Waals surface area contributed by atoms with Crippen LogP contribution in [0.25, 0.3) is 0 Å². The Hall–Kier alpha value is -1.66. The van der Waals surface area contributed by atoms with Crippen LogP contribution in [0.4, 0.5) is 0 Å². The topological polar surface area (TPSA) is 95.9 Å². The molecule has 6 heteroatoms. The first-order chi connectivity index (χ1) is 41.0. The summed E-state index contributed by atoms with van der Waals surface area (Å²) >= 11 is 0. The van der Waals surface area contributed by atoms with Gasteiger partial charge in [0.25, 0.3) is 0 Å². The standard InChI is InChI=1S/C77H149NO5/c1-3-5-7-9-11-13-15-17-19-21-39-43-47-51-55-59-63-67-71-77(82)83-72-68-64-60-56-52-48-44-40-36-34-32-30-28-26-24-22-23-25-27-29-31-33-35-38-42-46-50-54-58-62-66-70-76(81)78-74(73-79)75(80)69-65-61-57-53-49-45-41-37-20-18-16-14-12-10-8-6-4-2/h19,21,65,69,74-75,79-80H,3-18,20,22-64,66-68,70-73H2,1-2H3,(H,78,81)/b21-19-,69-65+. The molecule has 6 nitrogen and oxygen atoms in total. The molecular weight excluding hydrogens is 1020 g/mol. The van der Waals surface area contributed by atoms with Crippen molar-refractivity contribution in [3.8, 4) is 0 Å². The molecule has 2 atom stereocenters. The van der Waals surface area contributed by atoms with Crippen molar-refractivity contribution in [1.29, 1.82) is 0 Å². The van der Waals surface area contributed by atoms with Crippen molar-refractivity contribution in [2.75, 3.05) is 13.2 Å². The number of nitrogens with one attached hydrogen (secondary N) is 1. The minimum atomic E-state index is -0.841. The number of hydrogen-bond acceptors (Lipinski definition) is 5. The first kappa shape index (κ1) is 81.3. The van der Waals surface area contributed by atoms with Gasteiger partial charge in [0.2, 0.25) is 5.91 Å². The summed E-state index contributed by atoms with van der Waals surface area (Å²) in [4.78, 5) is 24.6. The monoisotopic (exact) mass is 1170 g/mol. The van der Waals surface area contributed by atoms with Gasteiger partial charge in [-0.3, -0.25) is 9.59 Å². The van der Waals surface area contributed by atoms with E-state index in [2.05, 4.69) is 31.3 Å². The van der Waals surface area contributed by atoms with Crippen LogP contribution in [0.2, 0.25) is 0 Å². The number of amides is 1. The van der Waals surface area contributed by atoms with Crippen LogP contribution in [0.1, 0.15) is 431 Å². The number of unbranched alkanes of at least 4 members (excludes halogenated alkanes) is 59. The number of ether oxygens (including phenoxy) is 1. The van der Waals surface area contributed by atoms with Crippen molar-refractivity contribution in [2.24, 2.45) is 0 Å². The summed E-state index contributed by atoms with van der Waals surface area (Å²) in [6.45, 7) is 4.95. The lowest BCUT2D eigenvalue weighted by molar-refractivity contribution is -0.143. The minimum absolute atomic E-state index is 0.0184. The van der Waals surface area contributed by atoms with Crippen LogP contribution >= 0.6 is 0 Å². The Labute approximate surface area is 520 Å². The van der Waals surface area contributed by atoms with E-state index in [4.69, 9.17) is 4.74 Å². The largest absolute Gasteiger partial charge is 0.466 e. The van der Waals surface area contributed by atoms with E-state index in [1.54, 1.807) is 6.08 Å². The van der Waals surface area contributed by atoms with E-state index in [1.165, 1.54) is 360 Å². The van der Waals surface area contributed by atoms with E-state index in [-0.39, 0.29) is 18.5 Å². The highest BCUT2D eigenvalue weighted by Crippen LogP contribution is 2.19. The molecule has 0 aliphatic carbocycles. The van der Waals surface area contributed by atoms with Crippen molar-refractivity contribution in [2.45, 2.75) is 443 Å². The van der Waals surface area contributed by atoms with Gasteiger partial charge >= 0.3 is 5.97 Å². The maximum atomic E-state index is 12.5. The number of carbonyl (C=O) groups is 2. The van der Waals surface area contributed by atoms with Crippen LogP contribution in [0.5, 0.6) is 0 Å². The number of rotatable bonds is 72. The lowest BCUT2D eigenvalue weighted by Crippen LogP contribution is -2.45. The second kappa shape index (κ2) is 72.8. The number of aliphatic hydroxyl groups is 2. The highest BCUT2D eigenvalue weighted by molar-refractivity contribution is 5.76. The number of esters is 1. The molecule has 0 fully saturated rings. The van der Waals surface area contributed by atoms with Crippen LogP contribution in [0.3, 0.4) is 0 Å². The van der Waals surface area contributed by atoms with Crippen molar-refractivity contribution in [3.05, 3.63) is 24.3 Å². The second-order valence-corrected chi connectivity index (χ2v) is 26.3. The normalized spacial score (nSPS) is 12.6. The molecule has 1 amide bonds. The molecule has 0 aromatic heterocycles. The molecule has 0 aliphatic heterocycles. The van der Waals surface area contributed by atoms with Crippen LogP contribution in [0, 0.1) is 0 Å². The third-order valence-electron chi connectivity index (χ3n) is 18.0. The maximum absolute atomic E-state index is 12.5. The molecule has 2 unspecified atom stereocenters. The Morgan fingerprint density at radius 3 is 0.855 bits per heavy atom. The van der Waals surface area contributed by atoms with Crippen LogP contribution in [-0.2, 0) is 14.3 Å². The van der Waals surface area contributed by atoms with Crippen LogP contribution in [0.15, 0.2) is 24.3 Å². The average molecular weight is 1170 g/mol. The zero-order chi connectivity index (χ0) is 59.9. The van der Waals surface area contributed by atoms with E-state index in [9.17, 15) is 19.8 Å². The summed E-state index contributed by atoms with van der Waals surface area (Å²) in [6.07, 6.45) is 92.9. The van der Waals surface area contributed by atoms with Gasteiger partial charge in [-0.05, 0) is 57.8 Å². The lowest BCUT2D eigenvalue weighted by Gasteiger charge is -2.20. The second-order valence-electron chi connectivity index (χ2n) is 26.3. The SMILES string of the molecule is CCCCCCCCC/C=C\CCCCCCCCCC(=O)OCCCCCCCCCCCCCCCCCCCCCCCCCCCCCCCCCC(=O)NC(CO)C(O)/C=C/CCCCCCCCCCCCCCCCC. The highest BCUT2D eigenvalue weighted by atomic mass is 16.5. The summed E-state index contributed by atoms with van der Waals surface area (Å²) in [7, 11) is 0. The molecule has 0 saturated carbocycles. The zero-order valence-corrected chi connectivity index (χ0v) is 56.5. The number of allylic oxidation sites excluding steroid dienone is 3. The molecule has 83 heavy (non-hydrogen) atoms. The van der Waals surface area contributed by atoms with Crippen molar-refractivity contribution >= 4 is 11.9 Å². The van der Waals surface area contributed by atoms with Gasteiger partial charge < -0.3 is 20.3 Å². The summed E-state index contributed by atoms with van der Waals surface area (Å²) in [5.41, 5.74) is 0. The smallest absolute Gasteiger partial charge is 0.305 e. The Morgan fingerprint density at radius 2 is 0.566 bits per heavy atom. The van der Waals surface area contributed by atoms with Crippen molar-refractivity contribution in [3.63, 3.8) is 0 Å². The number of hydrogen-bond donors (Lipinski definition) is 3. The molecule has 0 spiro atoms. The predicted molar refractivity (Wildman–Crippen MR) is 366 cm³/mol. The molecule has 0 rings (SSSR count). The predicted octanol–water partition coefficient (Wildman–Crippen LogP) is 24.9. The van der Waals surface area contributed by atoms with E-state index in [0.29, 0.717) is 19.4 Å². The fourth-order valence-electron chi connectivity index (χ4n) is 12.2. The first-order valence-electron chi connectivity index (χ1n) is 38.1. The molecule has 0 aromatic rings. The third-order valence-corrected chi connectivity index (χ3v) is 18.0. The first-order valence-corrected chi connectivity index (χ1v) is 38.1. The number of carbonyl (C=O) groups excluding carboxylic acids is 2. The van der Waals surface area contributed by atoms with Crippen molar-refractivity contribution in [1.82, 2.24) is 5.32 Å². The average Bonchev–Trinajstić information content (AvgIpc) is 3.48. The van der Waals surface area contributed by atoms with E-state index in [0.717, 1.165) is 44.9 Å². The lowest BCUT2D eigenvalue weighted by atomic mass is 10.0. The molecule has 492 valence electrons. The Kier molecular flexibility index (Phi) is 71.4. The molecule has 0 aromatic carbocycles. The quantitative estimate of drug-likeness (QED) is 0.0320. The van der Waals surface area contributed by atoms with E-state index < -0.39 is 12.1 Å². The highest BCUT2D eigenvalue weighted by Gasteiger charge is 2.18. The van der Waals surface area contributed by atoms with Gasteiger partial charge in [-0.1, -0.05) is 385 Å². The molecular formula is C77H149NO5. The molecule has 0 aliphatic rings. The summed E-state index contributed by atoms with van der Waals surface area (Å²) in [5.74, 6) is -0.0418. The molecule has 0 radical (unpaired) electrons. The summed E-state index contributed by atoms with van der Waals surface area (Å²) < 4.78 is 5.51. The van der Waals surface area contributed by atoms with Crippen LogP contribution in [-0.4, -0.2) is 47.4 Å². The van der Waals surface area contributed by atoms with Crippen LogP contribution < -0.4 is 5.32 Å². The zero-order valence-electron chi connectivity index (χ0n) is 56.5. The molecule has 3 N–H and O–H groups in total. The van der Waals surface area contributed by atoms with E-state index >= 15 is 0 Å². The van der Waals surface area contributed by atoms with E-state index in [1.807, 2.05) is 6.08 Å². The third kappa shape index (κ3) is 69.3. The maximum Gasteiger partial charge on any atom is 0.305 e. The Morgan fingerprint density at radius 1 is 0.325 bits per heavy atom. The van der Waals surface area contributed by atoms with Gasteiger partial charge in [-0.15, -0.1) is 0 Å². The molecule has 0 bridgehead atoms. The summed E-state index contributed by atoms with van der Waals surface area (Å²) in [5, 5.41) is 23.2.